The van der Waals surface area contributed by atoms with E-state index in [1.807, 2.05) is 0 Å². The Labute approximate surface area is 137 Å². The van der Waals surface area contributed by atoms with Gasteiger partial charge in [-0.3, -0.25) is 14.6 Å². The van der Waals surface area contributed by atoms with Crippen LogP contribution in [0, 0.1) is 0 Å². The highest BCUT2D eigenvalue weighted by Crippen LogP contribution is 2.35. The topological polar surface area (TPSA) is 132 Å². The van der Waals surface area contributed by atoms with Crippen LogP contribution in [0.2, 0.25) is 0 Å². The van der Waals surface area contributed by atoms with Crippen molar-refractivity contribution in [3.63, 3.8) is 0 Å². The Morgan fingerprint density at radius 1 is 0.958 bits per heavy atom. The number of aromatic nitrogens is 1. The average molecular weight is 331 g/mol. The summed E-state index contributed by atoms with van der Waals surface area (Å²) >= 11 is 0. The molecule has 0 saturated heterocycles. The number of amides is 2. The van der Waals surface area contributed by atoms with Gasteiger partial charge >= 0.3 is 0 Å². The summed E-state index contributed by atoms with van der Waals surface area (Å²) in [7, 11) is 0. The molecule has 0 saturated carbocycles. The van der Waals surface area contributed by atoms with E-state index >= 15 is 0 Å². The zero-order valence-corrected chi connectivity index (χ0v) is 12.7. The highest BCUT2D eigenvalue weighted by atomic mass is 16.3. The Morgan fingerprint density at radius 2 is 1.54 bits per heavy atom. The van der Waals surface area contributed by atoms with Crippen molar-refractivity contribution in [2.45, 2.75) is 6.42 Å². The SMILES string of the molecule is O=C(NCCCNC(=O)c1cc(O)c(O)c(O)c1)c1cccnc1. The van der Waals surface area contributed by atoms with Gasteiger partial charge in [0.25, 0.3) is 11.8 Å². The summed E-state index contributed by atoms with van der Waals surface area (Å²) in [6.07, 6.45) is 3.53. The third-order valence-corrected chi connectivity index (χ3v) is 3.18. The van der Waals surface area contributed by atoms with Crippen molar-refractivity contribution < 1.29 is 24.9 Å². The second-order valence-electron chi connectivity index (χ2n) is 4.97. The lowest BCUT2D eigenvalue weighted by molar-refractivity contribution is 0.0951. The zero-order valence-electron chi connectivity index (χ0n) is 12.7. The largest absolute Gasteiger partial charge is 0.504 e. The van der Waals surface area contributed by atoms with Crippen LogP contribution in [0.4, 0.5) is 0 Å². The van der Waals surface area contributed by atoms with Crippen LogP contribution in [0.15, 0.2) is 36.7 Å². The first kappa shape index (κ1) is 17.1. The minimum absolute atomic E-state index is 0.0159. The van der Waals surface area contributed by atoms with E-state index in [2.05, 4.69) is 15.6 Å². The second kappa shape index (κ2) is 7.82. The smallest absolute Gasteiger partial charge is 0.252 e. The monoisotopic (exact) mass is 331 g/mol. The van der Waals surface area contributed by atoms with E-state index in [1.54, 1.807) is 18.3 Å². The summed E-state index contributed by atoms with van der Waals surface area (Å²) in [6, 6.07) is 5.41. The maximum absolute atomic E-state index is 11.9. The number of aromatic hydroxyl groups is 3. The second-order valence-corrected chi connectivity index (χ2v) is 4.97. The molecule has 0 bridgehead atoms. The molecule has 0 atom stereocenters. The fourth-order valence-corrected chi connectivity index (χ4v) is 1.93. The third kappa shape index (κ3) is 4.35. The molecule has 0 aliphatic carbocycles. The summed E-state index contributed by atoms with van der Waals surface area (Å²) < 4.78 is 0. The standard InChI is InChI=1S/C16H17N3O5/c20-12-7-11(8-13(21)14(12)22)16(24)19-6-2-5-18-15(23)10-3-1-4-17-9-10/h1,3-4,7-9,20-22H,2,5-6H2,(H,18,23)(H,19,24). The van der Waals surface area contributed by atoms with Gasteiger partial charge in [-0.25, -0.2) is 0 Å². The quantitative estimate of drug-likeness (QED) is 0.392. The van der Waals surface area contributed by atoms with Gasteiger partial charge in [0.05, 0.1) is 5.56 Å². The van der Waals surface area contributed by atoms with E-state index in [0.717, 1.165) is 12.1 Å². The van der Waals surface area contributed by atoms with Gasteiger partial charge in [-0.05, 0) is 30.7 Å². The molecule has 8 nitrogen and oxygen atoms in total. The number of carbonyl (C=O) groups excluding carboxylic acids is 2. The Bertz CT molecular complexity index is 711. The molecule has 0 fully saturated rings. The summed E-state index contributed by atoms with van der Waals surface area (Å²) in [4.78, 5) is 27.5. The Hall–Kier alpha value is -3.29. The van der Waals surface area contributed by atoms with Gasteiger partial charge in [-0.15, -0.1) is 0 Å². The van der Waals surface area contributed by atoms with Gasteiger partial charge in [-0.2, -0.15) is 0 Å². The van der Waals surface area contributed by atoms with Gasteiger partial charge in [-0.1, -0.05) is 0 Å². The van der Waals surface area contributed by atoms with Crippen molar-refractivity contribution in [2.75, 3.05) is 13.1 Å². The van der Waals surface area contributed by atoms with E-state index in [-0.39, 0.29) is 18.0 Å². The van der Waals surface area contributed by atoms with Crippen molar-refractivity contribution in [3.05, 3.63) is 47.8 Å². The summed E-state index contributed by atoms with van der Waals surface area (Å²) in [5, 5.41) is 33.2. The molecule has 2 amide bonds. The zero-order chi connectivity index (χ0) is 17.5. The summed E-state index contributed by atoms with van der Waals surface area (Å²) in [5.41, 5.74) is 0.471. The van der Waals surface area contributed by atoms with Crippen LogP contribution in [0.25, 0.3) is 0 Å². The first-order valence-electron chi connectivity index (χ1n) is 7.20. The molecular formula is C16H17N3O5. The molecule has 0 aliphatic heterocycles. The predicted molar refractivity (Wildman–Crippen MR) is 85.0 cm³/mol. The van der Waals surface area contributed by atoms with Gasteiger partial charge < -0.3 is 26.0 Å². The number of nitrogens with one attached hydrogen (secondary N) is 2. The molecule has 5 N–H and O–H groups in total. The first-order valence-corrected chi connectivity index (χ1v) is 7.20. The van der Waals surface area contributed by atoms with E-state index < -0.39 is 23.2 Å². The number of pyridine rings is 1. The number of phenols is 3. The third-order valence-electron chi connectivity index (χ3n) is 3.18. The molecule has 0 aliphatic rings. The molecule has 0 spiro atoms. The van der Waals surface area contributed by atoms with Crippen LogP contribution in [0.3, 0.4) is 0 Å². The number of carbonyl (C=O) groups is 2. The van der Waals surface area contributed by atoms with Crippen LogP contribution in [0.1, 0.15) is 27.1 Å². The van der Waals surface area contributed by atoms with Crippen molar-refractivity contribution >= 4 is 11.8 Å². The molecule has 24 heavy (non-hydrogen) atoms. The molecular weight excluding hydrogens is 314 g/mol. The van der Waals surface area contributed by atoms with Crippen LogP contribution in [-0.4, -0.2) is 45.2 Å². The molecule has 8 heteroatoms. The summed E-state index contributed by atoms with van der Waals surface area (Å²) in [5.74, 6) is -2.60. The van der Waals surface area contributed by atoms with E-state index in [9.17, 15) is 24.9 Å². The maximum Gasteiger partial charge on any atom is 0.252 e. The van der Waals surface area contributed by atoms with Crippen molar-refractivity contribution in [1.29, 1.82) is 0 Å². The van der Waals surface area contributed by atoms with Gasteiger partial charge in [0.1, 0.15) is 0 Å². The van der Waals surface area contributed by atoms with Crippen molar-refractivity contribution in [2.24, 2.45) is 0 Å². The lowest BCUT2D eigenvalue weighted by Gasteiger charge is -2.08. The lowest BCUT2D eigenvalue weighted by Crippen LogP contribution is -2.29. The minimum atomic E-state index is -0.676. The summed E-state index contributed by atoms with van der Waals surface area (Å²) in [6.45, 7) is 0.647. The lowest BCUT2D eigenvalue weighted by atomic mass is 10.1. The molecule has 2 rings (SSSR count). The number of benzene rings is 1. The fourth-order valence-electron chi connectivity index (χ4n) is 1.93. The van der Waals surface area contributed by atoms with Crippen LogP contribution in [0.5, 0.6) is 17.2 Å². The molecule has 2 aromatic rings. The predicted octanol–water partition coefficient (Wildman–Crippen LogP) is 0.748. The van der Waals surface area contributed by atoms with Gasteiger partial charge in [0, 0.05) is 31.0 Å². The molecule has 1 aromatic carbocycles. The molecule has 1 heterocycles. The van der Waals surface area contributed by atoms with E-state index in [0.29, 0.717) is 18.5 Å². The van der Waals surface area contributed by atoms with Crippen LogP contribution in [-0.2, 0) is 0 Å². The highest BCUT2D eigenvalue weighted by Gasteiger charge is 2.13. The maximum atomic E-state index is 11.9. The Kier molecular flexibility index (Phi) is 5.56. The number of rotatable bonds is 6. The van der Waals surface area contributed by atoms with Crippen molar-refractivity contribution in [3.8, 4) is 17.2 Å². The van der Waals surface area contributed by atoms with Crippen molar-refractivity contribution in [1.82, 2.24) is 15.6 Å². The molecule has 0 radical (unpaired) electrons. The Morgan fingerprint density at radius 3 is 2.08 bits per heavy atom. The fraction of sp³-hybridized carbons (Fsp3) is 0.188. The molecule has 0 unspecified atom stereocenters. The minimum Gasteiger partial charge on any atom is -0.504 e. The highest BCUT2D eigenvalue weighted by molar-refractivity contribution is 5.95. The Balaban J connectivity index is 1.74. The number of nitrogens with zero attached hydrogens (tertiary/aromatic N) is 1. The number of phenolic OH excluding ortho intramolecular Hbond substituents is 3. The number of hydrogen-bond donors (Lipinski definition) is 5. The molecule has 1 aromatic heterocycles. The van der Waals surface area contributed by atoms with Crippen LogP contribution >= 0.6 is 0 Å². The van der Waals surface area contributed by atoms with Gasteiger partial charge in [0.2, 0.25) is 0 Å². The van der Waals surface area contributed by atoms with Gasteiger partial charge in [0.15, 0.2) is 17.2 Å². The van der Waals surface area contributed by atoms with Crippen LogP contribution < -0.4 is 10.6 Å². The normalized spacial score (nSPS) is 10.2. The number of hydrogen-bond acceptors (Lipinski definition) is 6. The van der Waals surface area contributed by atoms with E-state index in [1.165, 1.54) is 6.20 Å². The first-order chi connectivity index (χ1) is 11.5. The van der Waals surface area contributed by atoms with E-state index in [4.69, 9.17) is 0 Å². The average Bonchev–Trinajstić information content (AvgIpc) is 2.59. The molecule has 126 valence electrons.